The molecule has 2 aromatic heterocycles. The molecule has 0 bridgehead atoms. The van der Waals surface area contributed by atoms with Crippen LogP contribution in [0.25, 0.3) is 0 Å². The highest BCUT2D eigenvalue weighted by Gasteiger charge is 2.01. The van der Waals surface area contributed by atoms with Crippen molar-refractivity contribution in [1.29, 1.82) is 0 Å². The molecular formula is C9H9BrN4O. The van der Waals surface area contributed by atoms with Gasteiger partial charge in [-0.15, -0.1) is 0 Å². The Labute approximate surface area is 95.2 Å². The first-order valence-corrected chi connectivity index (χ1v) is 5.25. The average Bonchev–Trinajstić information content (AvgIpc) is 2.69. The minimum Gasteiger partial charge on any atom is -0.434 e. The molecule has 0 spiro atoms. The van der Waals surface area contributed by atoms with Crippen molar-refractivity contribution in [2.45, 2.75) is 13.5 Å². The van der Waals surface area contributed by atoms with E-state index in [1.165, 1.54) is 0 Å². The van der Waals surface area contributed by atoms with E-state index in [0.717, 1.165) is 6.54 Å². The van der Waals surface area contributed by atoms with Gasteiger partial charge in [0, 0.05) is 6.54 Å². The Hall–Kier alpha value is -1.43. The maximum absolute atomic E-state index is 5.44. The number of ether oxygens (including phenoxy) is 1. The van der Waals surface area contributed by atoms with Crippen molar-refractivity contribution in [3.63, 3.8) is 0 Å². The molecule has 0 saturated carbocycles. The van der Waals surface area contributed by atoms with Crippen LogP contribution in [0.2, 0.25) is 0 Å². The highest BCUT2D eigenvalue weighted by molar-refractivity contribution is 9.10. The Morgan fingerprint density at radius 2 is 2.20 bits per heavy atom. The van der Waals surface area contributed by atoms with Crippen LogP contribution in [-0.2, 0) is 6.54 Å². The summed E-state index contributed by atoms with van der Waals surface area (Å²) < 4.78 is 7.90. The fourth-order valence-electron chi connectivity index (χ4n) is 1.04. The molecule has 0 aliphatic carbocycles. The molecule has 0 N–H and O–H groups in total. The number of hydrogen-bond donors (Lipinski definition) is 0. The van der Waals surface area contributed by atoms with Gasteiger partial charge in [-0.1, -0.05) is 0 Å². The summed E-state index contributed by atoms with van der Waals surface area (Å²) in [6, 6.07) is 0. The summed E-state index contributed by atoms with van der Waals surface area (Å²) in [6.07, 6.45) is 6.59. The van der Waals surface area contributed by atoms with Gasteiger partial charge >= 0.3 is 0 Å². The van der Waals surface area contributed by atoms with Crippen LogP contribution in [0, 0.1) is 0 Å². The third-order valence-corrected chi connectivity index (χ3v) is 2.16. The minimum atomic E-state index is 0.453. The number of halogens is 1. The molecule has 0 aliphatic heterocycles. The summed E-state index contributed by atoms with van der Waals surface area (Å²) in [7, 11) is 0. The lowest BCUT2D eigenvalue weighted by atomic mass is 10.6. The van der Waals surface area contributed by atoms with Crippen molar-refractivity contribution in [3.05, 3.63) is 29.4 Å². The van der Waals surface area contributed by atoms with Crippen LogP contribution >= 0.6 is 15.9 Å². The van der Waals surface area contributed by atoms with Crippen LogP contribution in [0.3, 0.4) is 0 Å². The first-order chi connectivity index (χ1) is 7.28. The van der Waals surface area contributed by atoms with E-state index in [0.29, 0.717) is 16.2 Å². The molecule has 6 heteroatoms. The fourth-order valence-corrected chi connectivity index (χ4v) is 1.25. The monoisotopic (exact) mass is 268 g/mol. The number of aromatic nitrogens is 4. The molecule has 15 heavy (non-hydrogen) atoms. The van der Waals surface area contributed by atoms with E-state index in [9.17, 15) is 0 Å². The van der Waals surface area contributed by atoms with Crippen molar-refractivity contribution in [2.24, 2.45) is 0 Å². The Balaban J connectivity index is 2.11. The van der Waals surface area contributed by atoms with Crippen LogP contribution in [-0.4, -0.2) is 19.7 Å². The van der Waals surface area contributed by atoms with Crippen molar-refractivity contribution in [2.75, 3.05) is 0 Å². The van der Waals surface area contributed by atoms with Gasteiger partial charge in [-0.2, -0.15) is 5.10 Å². The van der Waals surface area contributed by atoms with Crippen molar-refractivity contribution in [1.82, 2.24) is 19.7 Å². The Bertz CT molecular complexity index is 440. The number of rotatable bonds is 3. The Morgan fingerprint density at radius 3 is 2.80 bits per heavy atom. The van der Waals surface area contributed by atoms with Gasteiger partial charge in [0.15, 0.2) is 5.75 Å². The van der Waals surface area contributed by atoms with Gasteiger partial charge < -0.3 is 4.74 Å². The van der Waals surface area contributed by atoms with Crippen LogP contribution in [0.4, 0.5) is 0 Å². The minimum absolute atomic E-state index is 0.453. The zero-order valence-electron chi connectivity index (χ0n) is 8.09. The van der Waals surface area contributed by atoms with Crippen molar-refractivity contribution < 1.29 is 4.74 Å². The highest BCUT2D eigenvalue weighted by Crippen LogP contribution is 2.17. The van der Waals surface area contributed by atoms with Crippen LogP contribution in [0.15, 0.2) is 29.4 Å². The largest absolute Gasteiger partial charge is 0.434 e. The fraction of sp³-hybridized carbons (Fsp3) is 0.222. The van der Waals surface area contributed by atoms with E-state index in [1.807, 2.05) is 13.1 Å². The molecule has 2 heterocycles. The maximum atomic E-state index is 5.44. The van der Waals surface area contributed by atoms with E-state index in [1.54, 1.807) is 23.3 Å². The second-order valence-corrected chi connectivity index (χ2v) is 3.62. The van der Waals surface area contributed by atoms with E-state index in [2.05, 4.69) is 31.0 Å². The van der Waals surface area contributed by atoms with Crippen LogP contribution in [0.1, 0.15) is 6.92 Å². The second kappa shape index (κ2) is 4.39. The van der Waals surface area contributed by atoms with Crippen molar-refractivity contribution >= 4 is 15.9 Å². The van der Waals surface area contributed by atoms with Gasteiger partial charge in [-0.3, -0.25) is 4.68 Å². The molecule has 0 unspecified atom stereocenters. The molecular weight excluding hydrogens is 260 g/mol. The molecule has 0 atom stereocenters. The van der Waals surface area contributed by atoms with Crippen LogP contribution in [0.5, 0.6) is 11.6 Å². The van der Waals surface area contributed by atoms with Gasteiger partial charge in [0.2, 0.25) is 5.88 Å². The van der Waals surface area contributed by atoms with Gasteiger partial charge in [-0.25, -0.2) is 9.97 Å². The van der Waals surface area contributed by atoms with E-state index in [4.69, 9.17) is 4.74 Å². The summed E-state index contributed by atoms with van der Waals surface area (Å²) in [5.41, 5.74) is 0. The van der Waals surface area contributed by atoms with E-state index in [-0.39, 0.29) is 0 Å². The standard InChI is InChI=1S/C9H9BrN4O/c1-2-14-6-7(3-13-14)15-9-5-11-8(10)4-12-9/h3-6H,2H2,1H3. The number of nitrogens with zero attached hydrogens (tertiary/aromatic N) is 4. The van der Waals surface area contributed by atoms with E-state index < -0.39 is 0 Å². The molecule has 0 amide bonds. The lowest BCUT2D eigenvalue weighted by molar-refractivity contribution is 0.458. The van der Waals surface area contributed by atoms with Gasteiger partial charge in [0.05, 0.1) is 24.8 Å². The maximum Gasteiger partial charge on any atom is 0.238 e. The predicted octanol–water partition coefficient (Wildman–Crippen LogP) is 2.25. The molecule has 2 rings (SSSR count). The molecule has 0 fully saturated rings. The molecule has 0 radical (unpaired) electrons. The first-order valence-electron chi connectivity index (χ1n) is 4.46. The topological polar surface area (TPSA) is 52.8 Å². The average molecular weight is 269 g/mol. The zero-order valence-corrected chi connectivity index (χ0v) is 9.68. The number of hydrogen-bond acceptors (Lipinski definition) is 4. The summed E-state index contributed by atoms with van der Waals surface area (Å²) in [5.74, 6) is 1.11. The van der Waals surface area contributed by atoms with E-state index >= 15 is 0 Å². The zero-order chi connectivity index (χ0) is 10.7. The summed E-state index contributed by atoms with van der Waals surface area (Å²) in [6.45, 7) is 2.82. The third-order valence-electron chi connectivity index (χ3n) is 1.75. The van der Waals surface area contributed by atoms with Crippen molar-refractivity contribution in [3.8, 4) is 11.6 Å². The smallest absolute Gasteiger partial charge is 0.238 e. The first kappa shape index (κ1) is 10.1. The Morgan fingerprint density at radius 1 is 1.33 bits per heavy atom. The SMILES string of the molecule is CCn1cc(Oc2cnc(Br)cn2)cn1. The summed E-state index contributed by atoms with van der Waals surface area (Å²) >= 11 is 3.20. The number of aryl methyl sites for hydroxylation is 1. The molecule has 0 aromatic carbocycles. The lowest BCUT2D eigenvalue weighted by Gasteiger charge is -1.99. The lowest BCUT2D eigenvalue weighted by Crippen LogP contribution is -1.92. The second-order valence-electron chi connectivity index (χ2n) is 2.81. The molecule has 78 valence electrons. The molecule has 5 nitrogen and oxygen atoms in total. The van der Waals surface area contributed by atoms with Crippen LogP contribution < -0.4 is 4.74 Å². The van der Waals surface area contributed by atoms with Gasteiger partial charge in [0.1, 0.15) is 4.60 Å². The third kappa shape index (κ3) is 2.53. The normalized spacial score (nSPS) is 10.3. The summed E-state index contributed by atoms with van der Waals surface area (Å²) in [5, 5.41) is 4.08. The molecule has 0 aliphatic rings. The molecule has 0 saturated heterocycles. The Kier molecular flexibility index (Phi) is 2.96. The highest BCUT2D eigenvalue weighted by atomic mass is 79.9. The quantitative estimate of drug-likeness (QED) is 0.857. The van der Waals surface area contributed by atoms with Gasteiger partial charge in [-0.05, 0) is 22.9 Å². The summed E-state index contributed by atoms with van der Waals surface area (Å²) in [4.78, 5) is 8.04. The predicted molar refractivity (Wildman–Crippen MR) is 57.7 cm³/mol. The van der Waals surface area contributed by atoms with Gasteiger partial charge in [0.25, 0.3) is 0 Å². The molecule has 2 aromatic rings.